The summed E-state index contributed by atoms with van der Waals surface area (Å²) in [4.78, 5) is 4.81. The molecule has 0 amide bonds. The highest BCUT2D eigenvalue weighted by molar-refractivity contribution is 7.00. The van der Waals surface area contributed by atoms with E-state index in [1.54, 1.807) is 0 Å². The topological polar surface area (TPSA) is 59.0 Å². The molecular formula is C64H50BN5. The van der Waals surface area contributed by atoms with Gasteiger partial charge in [-0.3, -0.25) is 0 Å². The van der Waals surface area contributed by atoms with Crippen molar-refractivity contribution in [1.82, 2.24) is 4.57 Å². The summed E-state index contributed by atoms with van der Waals surface area (Å²) in [6.07, 6.45) is 0. The third kappa shape index (κ3) is 6.90. The van der Waals surface area contributed by atoms with Crippen LogP contribution in [0.3, 0.4) is 0 Å². The number of rotatable bonds is 5. The van der Waals surface area contributed by atoms with E-state index in [1.165, 1.54) is 21.9 Å². The van der Waals surface area contributed by atoms with Crippen molar-refractivity contribution >= 4 is 79.0 Å². The molecule has 0 aliphatic carbocycles. The van der Waals surface area contributed by atoms with E-state index < -0.39 is 0 Å². The van der Waals surface area contributed by atoms with Crippen LogP contribution in [0.1, 0.15) is 63.8 Å². The van der Waals surface area contributed by atoms with E-state index in [-0.39, 0.29) is 17.5 Å². The highest BCUT2D eigenvalue weighted by Crippen LogP contribution is 2.47. The van der Waals surface area contributed by atoms with Crippen LogP contribution in [0, 0.1) is 22.7 Å². The monoisotopic (exact) mass is 899 g/mol. The standard InChI is InChI=1S/C64H50BN5/c1-63(2,3)47-21-25-49(26-22-47)68-56-31-17-41(39-66)33-54(56)65-55-34-42(40-67)18-32-57(55)69(50-27-23-48(24-28-50)64(4,5)6)61-38-51(37-60(68)62(61)65)70-58-35-45(43-13-9-7-10-14-43)19-29-52(58)53-30-20-46(36-59(53)70)44-15-11-8-12-16-44/h7-38H,1-6H3. The zero-order valence-corrected chi connectivity index (χ0v) is 40.3. The van der Waals surface area contributed by atoms with E-state index in [2.05, 4.69) is 250 Å². The minimum absolute atomic E-state index is 0.0385. The van der Waals surface area contributed by atoms with Crippen LogP contribution in [0.15, 0.2) is 194 Å². The highest BCUT2D eigenvalue weighted by atomic mass is 15.2. The van der Waals surface area contributed by atoms with E-state index in [0.717, 1.165) is 89.5 Å². The Morgan fingerprint density at radius 1 is 0.386 bits per heavy atom. The second kappa shape index (κ2) is 16.0. The number of anilines is 6. The molecule has 9 aromatic carbocycles. The fraction of sp³-hybridized carbons (Fsp3) is 0.125. The molecule has 0 saturated carbocycles. The Morgan fingerprint density at radius 2 is 0.800 bits per heavy atom. The molecule has 0 bridgehead atoms. The number of nitrogens with zero attached hydrogens (tertiary/aromatic N) is 5. The zero-order chi connectivity index (χ0) is 48.1. The van der Waals surface area contributed by atoms with Gasteiger partial charge in [0.15, 0.2) is 0 Å². The second-order valence-corrected chi connectivity index (χ2v) is 20.9. The average molecular weight is 900 g/mol. The number of aromatic nitrogens is 1. The van der Waals surface area contributed by atoms with E-state index >= 15 is 0 Å². The first-order valence-corrected chi connectivity index (χ1v) is 24.1. The summed E-state index contributed by atoms with van der Waals surface area (Å²) >= 11 is 0. The van der Waals surface area contributed by atoms with Crippen molar-refractivity contribution in [1.29, 1.82) is 10.5 Å². The Kier molecular flexibility index (Phi) is 9.78. The van der Waals surface area contributed by atoms with Gasteiger partial charge in [0.25, 0.3) is 6.71 Å². The van der Waals surface area contributed by atoms with Gasteiger partial charge in [0.05, 0.1) is 40.0 Å². The summed E-state index contributed by atoms with van der Waals surface area (Å²) in [5, 5.41) is 23.3. The molecule has 2 aliphatic heterocycles. The molecule has 0 radical (unpaired) electrons. The third-order valence-electron chi connectivity index (χ3n) is 14.5. The molecule has 334 valence electrons. The molecule has 6 heteroatoms. The maximum atomic E-state index is 10.5. The van der Waals surface area contributed by atoms with Crippen molar-refractivity contribution in [2.45, 2.75) is 52.4 Å². The van der Waals surface area contributed by atoms with Crippen LogP contribution in [0.2, 0.25) is 0 Å². The maximum absolute atomic E-state index is 10.5. The molecule has 0 saturated heterocycles. The number of benzene rings is 9. The van der Waals surface area contributed by atoms with Crippen molar-refractivity contribution in [3.63, 3.8) is 0 Å². The molecular weight excluding hydrogens is 850 g/mol. The number of hydrogen-bond acceptors (Lipinski definition) is 4. The summed E-state index contributed by atoms with van der Waals surface area (Å²) in [7, 11) is 0. The molecule has 5 nitrogen and oxygen atoms in total. The van der Waals surface area contributed by atoms with Crippen LogP contribution >= 0.6 is 0 Å². The maximum Gasteiger partial charge on any atom is 0.252 e. The lowest BCUT2D eigenvalue weighted by atomic mass is 9.33. The Morgan fingerprint density at radius 3 is 1.19 bits per heavy atom. The van der Waals surface area contributed by atoms with Crippen LogP contribution in [-0.4, -0.2) is 11.3 Å². The van der Waals surface area contributed by atoms with Crippen molar-refractivity contribution < 1.29 is 0 Å². The Labute approximate surface area is 410 Å². The van der Waals surface area contributed by atoms with E-state index in [0.29, 0.717) is 11.1 Å². The van der Waals surface area contributed by atoms with Gasteiger partial charge in [0.2, 0.25) is 0 Å². The molecule has 70 heavy (non-hydrogen) atoms. The molecule has 3 heterocycles. The lowest BCUT2D eigenvalue weighted by Crippen LogP contribution is -2.61. The van der Waals surface area contributed by atoms with Gasteiger partial charge in [-0.1, -0.05) is 151 Å². The summed E-state index contributed by atoms with van der Waals surface area (Å²) in [5.74, 6) is 0. The van der Waals surface area contributed by atoms with E-state index in [1.807, 2.05) is 12.1 Å². The fourth-order valence-electron chi connectivity index (χ4n) is 11.0. The minimum atomic E-state index is -0.284. The SMILES string of the molecule is CC(C)(C)c1ccc(N2c3ccc(C#N)cc3B3c4cc(C#N)ccc4N(c4ccc(C(C)(C)C)cc4)c4cc(-n5c6cc(-c7ccccc7)ccc6c6ccc(-c7ccccc7)cc65)cc2c43)cc1. The number of hydrogen-bond donors (Lipinski definition) is 0. The van der Waals surface area contributed by atoms with Gasteiger partial charge >= 0.3 is 0 Å². The van der Waals surface area contributed by atoms with Gasteiger partial charge in [-0.2, -0.15) is 10.5 Å². The van der Waals surface area contributed by atoms with Crippen molar-refractivity contribution in [3.05, 3.63) is 216 Å². The van der Waals surface area contributed by atoms with Gasteiger partial charge in [-0.05, 0) is 146 Å². The number of fused-ring (bicyclic) bond motifs is 7. The van der Waals surface area contributed by atoms with Crippen molar-refractivity contribution in [2.24, 2.45) is 0 Å². The fourth-order valence-corrected chi connectivity index (χ4v) is 11.0. The first-order valence-electron chi connectivity index (χ1n) is 24.1. The molecule has 0 atom stereocenters. The smallest absolute Gasteiger partial charge is 0.252 e. The molecule has 0 N–H and O–H groups in total. The second-order valence-electron chi connectivity index (χ2n) is 20.9. The molecule has 0 unspecified atom stereocenters. The predicted octanol–water partition coefficient (Wildman–Crippen LogP) is 14.5. The molecule has 0 fully saturated rings. The van der Waals surface area contributed by atoms with E-state index in [9.17, 15) is 10.5 Å². The first-order chi connectivity index (χ1) is 33.9. The third-order valence-corrected chi connectivity index (χ3v) is 14.5. The quantitative estimate of drug-likeness (QED) is 0.162. The number of nitriles is 2. The van der Waals surface area contributed by atoms with Crippen LogP contribution < -0.4 is 26.2 Å². The Bertz CT molecular complexity index is 3560. The lowest BCUT2D eigenvalue weighted by molar-refractivity contribution is 0.590. The van der Waals surface area contributed by atoms with Gasteiger partial charge in [-0.15, -0.1) is 0 Å². The largest absolute Gasteiger partial charge is 0.311 e. The van der Waals surface area contributed by atoms with Gasteiger partial charge in [0.1, 0.15) is 0 Å². The summed E-state index contributed by atoms with van der Waals surface area (Å²) in [6.45, 7) is 13.2. The highest BCUT2D eigenvalue weighted by Gasteiger charge is 2.44. The summed E-state index contributed by atoms with van der Waals surface area (Å²) in [5.41, 5.74) is 20.7. The Balaban J connectivity index is 1.23. The molecule has 2 aliphatic rings. The molecule has 10 aromatic rings. The predicted molar refractivity (Wildman–Crippen MR) is 293 cm³/mol. The average Bonchev–Trinajstić information content (AvgIpc) is 3.71. The van der Waals surface area contributed by atoms with Gasteiger partial charge < -0.3 is 14.4 Å². The van der Waals surface area contributed by atoms with E-state index in [4.69, 9.17) is 0 Å². The normalized spacial score (nSPS) is 12.9. The summed E-state index contributed by atoms with van der Waals surface area (Å²) in [6, 6.07) is 75.0. The van der Waals surface area contributed by atoms with Crippen LogP contribution in [-0.2, 0) is 10.8 Å². The van der Waals surface area contributed by atoms with Crippen LogP contribution in [0.5, 0.6) is 0 Å². The lowest BCUT2D eigenvalue weighted by Gasteiger charge is -2.44. The molecule has 12 rings (SSSR count). The Hall–Kier alpha value is -8.58. The van der Waals surface area contributed by atoms with Gasteiger partial charge in [-0.25, -0.2) is 0 Å². The van der Waals surface area contributed by atoms with Crippen molar-refractivity contribution in [2.75, 3.05) is 9.80 Å². The first kappa shape index (κ1) is 42.8. The van der Waals surface area contributed by atoms with Crippen molar-refractivity contribution in [3.8, 4) is 40.1 Å². The van der Waals surface area contributed by atoms with Crippen LogP contribution in [0.25, 0.3) is 49.7 Å². The zero-order valence-electron chi connectivity index (χ0n) is 40.3. The summed E-state index contributed by atoms with van der Waals surface area (Å²) < 4.78 is 2.47. The molecule has 0 spiro atoms. The molecule has 1 aromatic heterocycles. The van der Waals surface area contributed by atoms with Gasteiger partial charge in [0, 0.05) is 44.9 Å². The van der Waals surface area contributed by atoms with Crippen LogP contribution in [0.4, 0.5) is 34.1 Å². The minimum Gasteiger partial charge on any atom is -0.311 e.